The summed E-state index contributed by atoms with van der Waals surface area (Å²) in [6.07, 6.45) is 0.902. The number of benzene rings is 2. The van der Waals surface area contributed by atoms with Gasteiger partial charge in [0, 0.05) is 4.47 Å². The molecule has 0 aliphatic carbocycles. The second-order valence-corrected chi connectivity index (χ2v) is 5.54. The van der Waals surface area contributed by atoms with Gasteiger partial charge in [-0.15, -0.1) is 0 Å². The molecule has 0 bridgehead atoms. The molecule has 0 aliphatic rings. The average Bonchev–Trinajstić information content (AvgIpc) is 2.40. The van der Waals surface area contributed by atoms with Crippen LogP contribution in [0.5, 0.6) is 5.75 Å². The van der Waals surface area contributed by atoms with E-state index in [1.54, 1.807) is 0 Å². The second-order valence-electron chi connectivity index (χ2n) is 4.22. The molecule has 0 radical (unpaired) electrons. The molecular weight excluding hydrogens is 326 g/mol. The van der Waals surface area contributed by atoms with Gasteiger partial charge >= 0.3 is 0 Å². The zero-order valence-electron chi connectivity index (χ0n) is 10.4. The largest absolute Gasteiger partial charge is 0.487 e. The molecule has 0 unspecified atom stereocenters. The molecule has 0 spiro atoms. The third-order valence-corrected chi connectivity index (χ3v) is 3.53. The normalized spacial score (nSPS) is 10.5. The highest BCUT2D eigenvalue weighted by atomic mass is 79.9. The molecule has 4 heteroatoms. The smallest absolute Gasteiger partial charge is 0.138 e. The van der Waals surface area contributed by atoms with Gasteiger partial charge in [0.05, 0.1) is 5.02 Å². The molecule has 2 nitrogen and oxygen atoms in total. The highest BCUT2D eigenvalue weighted by Gasteiger charge is 2.02. The van der Waals surface area contributed by atoms with E-state index in [4.69, 9.17) is 22.1 Å². The number of hydrogen-bond acceptors (Lipinski definition) is 2. The van der Waals surface area contributed by atoms with E-state index in [1.807, 2.05) is 18.2 Å². The average molecular weight is 341 g/mol. The minimum Gasteiger partial charge on any atom is -0.487 e. The van der Waals surface area contributed by atoms with Crippen LogP contribution in [0.3, 0.4) is 0 Å². The van der Waals surface area contributed by atoms with Gasteiger partial charge in [-0.2, -0.15) is 0 Å². The predicted octanol–water partition coefficient (Wildman–Crippen LogP) is 4.18. The van der Waals surface area contributed by atoms with E-state index in [0.717, 1.165) is 16.5 Å². The summed E-state index contributed by atoms with van der Waals surface area (Å²) in [6, 6.07) is 13.8. The van der Waals surface area contributed by atoms with Crippen LogP contribution < -0.4 is 10.5 Å². The fourth-order valence-electron chi connectivity index (χ4n) is 1.72. The molecule has 0 aromatic heterocycles. The molecule has 0 amide bonds. The van der Waals surface area contributed by atoms with Crippen LogP contribution in [0.2, 0.25) is 5.02 Å². The van der Waals surface area contributed by atoms with Crippen LogP contribution in [0.25, 0.3) is 0 Å². The van der Waals surface area contributed by atoms with E-state index in [9.17, 15) is 0 Å². The topological polar surface area (TPSA) is 35.2 Å². The lowest BCUT2D eigenvalue weighted by Crippen LogP contribution is -2.03. The lowest BCUT2D eigenvalue weighted by Gasteiger charge is -2.09. The maximum atomic E-state index is 6.09. The number of ether oxygens (including phenoxy) is 1. The van der Waals surface area contributed by atoms with Gasteiger partial charge in [0.25, 0.3) is 0 Å². The van der Waals surface area contributed by atoms with Gasteiger partial charge in [-0.05, 0) is 42.3 Å². The quantitative estimate of drug-likeness (QED) is 0.886. The molecule has 2 aromatic carbocycles. The van der Waals surface area contributed by atoms with Crippen LogP contribution in [-0.2, 0) is 13.0 Å². The van der Waals surface area contributed by atoms with Gasteiger partial charge in [0.1, 0.15) is 12.4 Å². The molecule has 0 atom stereocenters. The van der Waals surface area contributed by atoms with Crippen molar-refractivity contribution in [1.82, 2.24) is 0 Å². The molecule has 0 saturated carbocycles. The van der Waals surface area contributed by atoms with Crippen LogP contribution in [0.4, 0.5) is 0 Å². The molecule has 2 N–H and O–H groups in total. The van der Waals surface area contributed by atoms with Crippen LogP contribution in [-0.4, -0.2) is 6.54 Å². The van der Waals surface area contributed by atoms with E-state index >= 15 is 0 Å². The molecule has 2 rings (SSSR count). The summed E-state index contributed by atoms with van der Waals surface area (Å²) in [4.78, 5) is 0. The van der Waals surface area contributed by atoms with Crippen molar-refractivity contribution >= 4 is 27.5 Å². The Morgan fingerprint density at radius 3 is 2.37 bits per heavy atom. The maximum absolute atomic E-state index is 6.09. The first-order valence-electron chi connectivity index (χ1n) is 6.05. The minimum atomic E-state index is 0.504. The first kappa shape index (κ1) is 14.4. The fraction of sp³-hybridized carbons (Fsp3) is 0.200. The Labute approximate surface area is 126 Å². The molecular formula is C15H15BrClNO. The van der Waals surface area contributed by atoms with Crippen molar-refractivity contribution in [3.8, 4) is 5.75 Å². The van der Waals surface area contributed by atoms with E-state index in [0.29, 0.717) is 23.9 Å². The summed E-state index contributed by atoms with van der Waals surface area (Å²) < 4.78 is 6.64. The van der Waals surface area contributed by atoms with Crippen LogP contribution in [0, 0.1) is 0 Å². The SMILES string of the molecule is NCCc1ccc(COc2ccc(Br)cc2Cl)cc1. The van der Waals surface area contributed by atoms with Crippen LogP contribution >= 0.6 is 27.5 Å². The lowest BCUT2D eigenvalue weighted by atomic mass is 10.1. The molecule has 2 aromatic rings. The van der Waals surface area contributed by atoms with Crippen molar-refractivity contribution in [2.24, 2.45) is 5.73 Å². The summed E-state index contributed by atoms with van der Waals surface area (Å²) in [6.45, 7) is 1.18. The van der Waals surface area contributed by atoms with Crippen molar-refractivity contribution in [2.75, 3.05) is 6.54 Å². The summed E-state index contributed by atoms with van der Waals surface area (Å²) in [7, 11) is 0. The highest BCUT2D eigenvalue weighted by molar-refractivity contribution is 9.10. The standard InChI is InChI=1S/C15H15BrClNO/c16-13-5-6-15(14(17)9-13)19-10-12-3-1-11(2-4-12)7-8-18/h1-6,9H,7-8,10,18H2. The number of halogens is 2. The van der Waals surface area contributed by atoms with Gasteiger partial charge < -0.3 is 10.5 Å². The molecule has 0 fully saturated rings. The monoisotopic (exact) mass is 339 g/mol. The predicted molar refractivity (Wildman–Crippen MR) is 82.7 cm³/mol. The summed E-state index contributed by atoms with van der Waals surface area (Å²) in [5, 5.41) is 0.606. The number of hydrogen-bond donors (Lipinski definition) is 1. The molecule has 0 aliphatic heterocycles. The van der Waals surface area contributed by atoms with Crippen molar-refractivity contribution in [2.45, 2.75) is 13.0 Å². The molecule has 0 heterocycles. The van der Waals surface area contributed by atoms with E-state index in [-0.39, 0.29) is 0 Å². The zero-order chi connectivity index (χ0) is 13.7. The number of rotatable bonds is 5. The van der Waals surface area contributed by atoms with E-state index < -0.39 is 0 Å². The van der Waals surface area contributed by atoms with Crippen molar-refractivity contribution in [3.05, 3.63) is 63.1 Å². The second kappa shape index (κ2) is 6.94. The van der Waals surface area contributed by atoms with Crippen molar-refractivity contribution < 1.29 is 4.74 Å². The van der Waals surface area contributed by atoms with Crippen LogP contribution in [0.1, 0.15) is 11.1 Å². The molecule has 19 heavy (non-hydrogen) atoms. The van der Waals surface area contributed by atoms with Crippen molar-refractivity contribution in [1.29, 1.82) is 0 Å². The van der Waals surface area contributed by atoms with Crippen molar-refractivity contribution in [3.63, 3.8) is 0 Å². The van der Waals surface area contributed by atoms with Gasteiger partial charge in [0.15, 0.2) is 0 Å². The number of nitrogens with two attached hydrogens (primary N) is 1. The molecule has 0 saturated heterocycles. The molecule has 100 valence electrons. The first-order chi connectivity index (χ1) is 9.19. The summed E-state index contributed by atoms with van der Waals surface area (Å²) >= 11 is 9.46. The van der Waals surface area contributed by atoms with Gasteiger partial charge in [-0.3, -0.25) is 0 Å². The van der Waals surface area contributed by atoms with E-state index in [1.165, 1.54) is 5.56 Å². The zero-order valence-corrected chi connectivity index (χ0v) is 12.7. The Bertz CT molecular complexity index is 542. The van der Waals surface area contributed by atoms with Gasteiger partial charge in [-0.25, -0.2) is 0 Å². The van der Waals surface area contributed by atoms with Gasteiger partial charge in [0.2, 0.25) is 0 Å². The van der Waals surface area contributed by atoms with E-state index in [2.05, 4.69) is 40.2 Å². The lowest BCUT2D eigenvalue weighted by molar-refractivity contribution is 0.306. The Morgan fingerprint density at radius 2 is 1.74 bits per heavy atom. The third-order valence-electron chi connectivity index (χ3n) is 2.74. The maximum Gasteiger partial charge on any atom is 0.138 e. The Kier molecular flexibility index (Phi) is 5.25. The van der Waals surface area contributed by atoms with Crippen LogP contribution in [0.15, 0.2) is 46.9 Å². The minimum absolute atomic E-state index is 0.504. The third kappa shape index (κ3) is 4.23. The van der Waals surface area contributed by atoms with Gasteiger partial charge in [-0.1, -0.05) is 51.8 Å². The summed E-state index contributed by atoms with van der Waals surface area (Å²) in [5.41, 5.74) is 7.87. The fourth-order valence-corrected chi connectivity index (χ4v) is 2.45. The highest BCUT2D eigenvalue weighted by Crippen LogP contribution is 2.28. The Hall–Kier alpha value is -1.03. The summed E-state index contributed by atoms with van der Waals surface area (Å²) in [5.74, 6) is 0.691. The Morgan fingerprint density at radius 1 is 1.05 bits per heavy atom. The Balaban J connectivity index is 1.98. The first-order valence-corrected chi connectivity index (χ1v) is 7.22.